The van der Waals surface area contributed by atoms with Gasteiger partial charge in [0.15, 0.2) is 0 Å². The number of terminal acetylenes is 1. The molecule has 0 saturated carbocycles. The number of hydrogen-bond donors (Lipinski definition) is 2. The maximum absolute atomic E-state index is 9.65. The van der Waals surface area contributed by atoms with Crippen LogP contribution in [0.1, 0.15) is 6.92 Å². The smallest absolute Gasteiger partial charge is 0.0936 e. The summed E-state index contributed by atoms with van der Waals surface area (Å²) < 4.78 is 0. The van der Waals surface area contributed by atoms with Crippen LogP contribution in [0.3, 0.4) is 0 Å². The fourth-order valence-corrected chi connectivity index (χ4v) is 1.57. The van der Waals surface area contributed by atoms with Crippen molar-refractivity contribution < 1.29 is 5.11 Å². The minimum atomic E-state index is -0.576. The molecule has 0 radical (unpaired) electrons. The Morgan fingerprint density at radius 3 is 3.14 bits per heavy atom. The average Bonchev–Trinajstić information content (AvgIpc) is 2.20. The molecule has 2 N–H and O–H groups in total. The molecule has 2 heteroatoms. The summed E-state index contributed by atoms with van der Waals surface area (Å²) in [5.41, 5.74) is 1.94. The minimum absolute atomic E-state index is 0.132. The maximum Gasteiger partial charge on any atom is 0.0936 e. The highest BCUT2D eigenvalue weighted by Crippen LogP contribution is 2.24. The molecule has 0 spiro atoms. The van der Waals surface area contributed by atoms with E-state index >= 15 is 0 Å². The van der Waals surface area contributed by atoms with Gasteiger partial charge in [-0.2, -0.15) is 0 Å². The molecule has 1 heterocycles. The van der Waals surface area contributed by atoms with Crippen LogP contribution in [0.4, 0.5) is 0 Å². The van der Waals surface area contributed by atoms with Gasteiger partial charge in [-0.3, -0.25) is 0 Å². The number of nitrogens with one attached hydrogen (secondary N) is 1. The first kappa shape index (κ1) is 10.6. The molecule has 2 unspecified atom stereocenters. The van der Waals surface area contributed by atoms with Crippen LogP contribution in [0.15, 0.2) is 36.1 Å². The van der Waals surface area contributed by atoms with E-state index in [1.807, 2.05) is 13.0 Å². The molecule has 1 aliphatic heterocycles. The summed E-state index contributed by atoms with van der Waals surface area (Å²) in [5.74, 6) is 2.62. The Morgan fingerprint density at radius 2 is 2.57 bits per heavy atom. The van der Waals surface area contributed by atoms with Gasteiger partial charge in [-0.25, -0.2) is 0 Å². The highest BCUT2D eigenvalue weighted by atomic mass is 16.3. The van der Waals surface area contributed by atoms with Gasteiger partial charge in [0.2, 0.25) is 0 Å². The molecule has 2 atom stereocenters. The largest absolute Gasteiger partial charge is 0.385 e. The van der Waals surface area contributed by atoms with Crippen molar-refractivity contribution >= 4 is 0 Å². The molecule has 0 bridgehead atoms. The van der Waals surface area contributed by atoms with Crippen molar-refractivity contribution in [1.82, 2.24) is 5.32 Å². The first-order valence-corrected chi connectivity index (χ1v) is 4.61. The fraction of sp³-hybridized carbons (Fsp3) is 0.333. The van der Waals surface area contributed by atoms with E-state index in [1.165, 1.54) is 6.08 Å². The van der Waals surface area contributed by atoms with Crippen molar-refractivity contribution in [3.05, 3.63) is 36.1 Å². The predicted molar refractivity (Wildman–Crippen MR) is 58.4 cm³/mol. The molecule has 0 amide bonds. The third-order valence-corrected chi connectivity index (χ3v) is 2.41. The fourth-order valence-electron chi connectivity index (χ4n) is 1.57. The SMILES string of the molecule is C#C/C=C1/NCC=C(C(O)C=C)C1C. The maximum atomic E-state index is 9.65. The molecular weight excluding hydrogens is 174 g/mol. The van der Waals surface area contributed by atoms with Crippen molar-refractivity contribution in [3.63, 3.8) is 0 Å². The van der Waals surface area contributed by atoms with E-state index in [0.29, 0.717) is 6.54 Å². The standard InChI is InChI=1S/C12H15NO/c1-4-6-11-9(3)10(7-8-13-11)12(14)5-2/h1,5-7,9,12-14H,2,8H2,3H3/b11-6+. The number of rotatable bonds is 2. The van der Waals surface area contributed by atoms with Gasteiger partial charge in [0.05, 0.1) is 6.10 Å². The zero-order valence-corrected chi connectivity index (χ0v) is 8.33. The third-order valence-electron chi connectivity index (χ3n) is 2.41. The van der Waals surface area contributed by atoms with Gasteiger partial charge in [0.1, 0.15) is 0 Å². The van der Waals surface area contributed by atoms with E-state index in [1.54, 1.807) is 6.08 Å². The van der Waals surface area contributed by atoms with Crippen molar-refractivity contribution in [2.45, 2.75) is 13.0 Å². The number of allylic oxidation sites excluding steroid dienone is 2. The third kappa shape index (κ3) is 2.07. The van der Waals surface area contributed by atoms with Gasteiger partial charge >= 0.3 is 0 Å². The second-order valence-corrected chi connectivity index (χ2v) is 3.25. The number of hydrogen-bond acceptors (Lipinski definition) is 2. The van der Waals surface area contributed by atoms with Gasteiger partial charge < -0.3 is 10.4 Å². The molecule has 1 aliphatic rings. The molecular formula is C12H15NO. The van der Waals surface area contributed by atoms with Crippen LogP contribution in [0.25, 0.3) is 0 Å². The molecule has 0 aromatic rings. The second-order valence-electron chi connectivity index (χ2n) is 3.25. The zero-order chi connectivity index (χ0) is 10.6. The van der Waals surface area contributed by atoms with E-state index in [0.717, 1.165) is 11.3 Å². The Morgan fingerprint density at radius 1 is 1.86 bits per heavy atom. The van der Waals surface area contributed by atoms with Gasteiger partial charge in [0.25, 0.3) is 0 Å². The highest BCUT2D eigenvalue weighted by molar-refractivity contribution is 5.32. The summed E-state index contributed by atoms with van der Waals surface area (Å²) in [6.07, 6.45) is 9.84. The van der Waals surface area contributed by atoms with E-state index < -0.39 is 6.10 Å². The summed E-state index contributed by atoms with van der Waals surface area (Å²) in [6.45, 7) is 6.28. The second kappa shape index (κ2) is 4.69. The van der Waals surface area contributed by atoms with Crippen molar-refractivity contribution in [1.29, 1.82) is 0 Å². The minimum Gasteiger partial charge on any atom is -0.385 e. The number of aliphatic hydroxyl groups excluding tert-OH is 1. The molecule has 0 aromatic heterocycles. The Bertz CT molecular complexity index is 320. The topological polar surface area (TPSA) is 32.3 Å². The van der Waals surface area contributed by atoms with E-state index in [9.17, 15) is 5.11 Å². The lowest BCUT2D eigenvalue weighted by Crippen LogP contribution is -2.29. The normalized spacial score (nSPS) is 25.9. The molecule has 0 fully saturated rings. The quantitative estimate of drug-likeness (QED) is 0.505. The molecule has 2 nitrogen and oxygen atoms in total. The lowest BCUT2D eigenvalue weighted by atomic mass is 9.90. The molecule has 0 aliphatic carbocycles. The van der Waals surface area contributed by atoms with E-state index in [4.69, 9.17) is 6.42 Å². The summed E-state index contributed by atoms with van der Waals surface area (Å²) in [7, 11) is 0. The van der Waals surface area contributed by atoms with Crippen LogP contribution in [0, 0.1) is 18.3 Å². The Hall–Kier alpha value is -1.46. The predicted octanol–water partition coefficient (Wildman–Crippen LogP) is 1.22. The molecule has 14 heavy (non-hydrogen) atoms. The van der Waals surface area contributed by atoms with E-state index in [2.05, 4.69) is 17.8 Å². The summed E-state index contributed by atoms with van der Waals surface area (Å²) in [6, 6.07) is 0. The highest BCUT2D eigenvalue weighted by Gasteiger charge is 2.21. The first-order valence-electron chi connectivity index (χ1n) is 4.61. The van der Waals surface area contributed by atoms with Gasteiger partial charge in [-0.15, -0.1) is 13.0 Å². The van der Waals surface area contributed by atoms with Gasteiger partial charge in [-0.1, -0.05) is 25.0 Å². The molecule has 74 valence electrons. The lowest BCUT2D eigenvalue weighted by molar-refractivity contribution is 0.246. The van der Waals surface area contributed by atoms with Crippen LogP contribution in [-0.2, 0) is 0 Å². The van der Waals surface area contributed by atoms with Crippen LogP contribution in [0.2, 0.25) is 0 Å². The molecule has 0 aromatic carbocycles. The van der Waals surface area contributed by atoms with Crippen LogP contribution in [-0.4, -0.2) is 17.8 Å². The Labute approximate surface area is 85.0 Å². The van der Waals surface area contributed by atoms with Crippen LogP contribution >= 0.6 is 0 Å². The van der Waals surface area contributed by atoms with Crippen molar-refractivity contribution in [2.24, 2.45) is 5.92 Å². The van der Waals surface area contributed by atoms with Crippen molar-refractivity contribution in [2.75, 3.05) is 6.54 Å². The molecule has 0 saturated heterocycles. The Kier molecular flexibility index (Phi) is 3.55. The summed E-state index contributed by atoms with van der Waals surface area (Å²) in [5, 5.41) is 12.8. The van der Waals surface area contributed by atoms with Crippen LogP contribution < -0.4 is 5.32 Å². The first-order chi connectivity index (χ1) is 6.70. The Balaban J connectivity index is 2.90. The molecule has 1 rings (SSSR count). The average molecular weight is 189 g/mol. The van der Waals surface area contributed by atoms with Crippen molar-refractivity contribution in [3.8, 4) is 12.3 Å². The monoisotopic (exact) mass is 189 g/mol. The zero-order valence-electron chi connectivity index (χ0n) is 8.33. The summed E-state index contributed by atoms with van der Waals surface area (Å²) >= 11 is 0. The van der Waals surface area contributed by atoms with Gasteiger partial charge in [0, 0.05) is 24.2 Å². The van der Waals surface area contributed by atoms with E-state index in [-0.39, 0.29) is 5.92 Å². The van der Waals surface area contributed by atoms with Crippen LogP contribution in [0.5, 0.6) is 0 Å². The number of aliphatic hydroxyl groups is 1. The van der Waals surface area contributed by atoms with Gasteiger partial charge in [-0.05, 0) is 5.57 Å². The summed E-state index contributed by atoms with van der Waals surface area (Å²) in [4.78, 5) is 0. The lowest BCUT2D eigenvalue weighted by Gasteiger charge is -2.27.